The Hall–Kier alpha value is -1.06. The maximum Gasteiger partial charge on any atom is 0.119 e. The van der Waals surface area contributed by atoms with Crippen molar-refractivity contribution in [2.24, 2.45) is 0 Å². The summed E-state index contributed by atoms with van der Waals surface area (Å²) in [6.07, 6.45) is 1.70. The summed E-state index contributed by atoms with van der Waals surface area (Å²) in [5, 5.41) is 9.80. The van der Waals surface area contributed by atoms with E-state index in [0.717, 1.165) is 30.8 Å². The topological polar surface area (TPSA) is 42.0 Å². The summed E-state index contributed by atoms with van der Waals surface area (Å²) in [7, 11) is 0. The molecule has 3 nitrogen and oxygen atoms in total. The molecule has 0 radical (unpaired) electrons. The molecule has 1 aromatic rings. The minimum Gasteiger partial charge on any atom is -0.494 e. The van der Waals surface area contributed by atoms with Crippen LogP contribution < -0.4 is 4.74 Å². The highest BCUT2D eigenvalue weighted by atomic mass is 16.6. The highest BCUT2D eigenvalue weighted by molar-refractivity contribution is 5.29. The van der Waals surface area contributed by atoms with Crippen molar-refractivity contribution in [3.8, 4) is 5.75 Å². The Bertz CT molecular complexity index is 316. The van der Waals surface area contributed by atoms with Crippen LogP contribution in [0.1, 0.15) is 31.4 Å². The molecule has 0 aromatic heterocycles. The van der Waals surface area contributed by atoms with Crippen molar-refractivity contribution >= 4 is 0 Å². The molecule has 1 fully saturated rings. The van der Waals surface area contributed by atoms with Gasteiger partial charge in [0, 0.05) is 0 Å². The molecule has 0 aliphatic carbocycles. The third-order valence-electron chi connectivity index (χ3n) is 2.70. The number of aliphatic hydroxyl groups excluding tert-OH is 1. The number of benzene rings is 1. The Morgan fingerprint density at radius 2 is 2.12 bits per heavy atom. The molecule has 0 spiro atoms. The van der Waals surface area contributed by atoms with Gasteiger partial charge < -0.3 is 14.6 Å². The standard InChI is InChI=1S/C13H18O3/c1-2-3-8-15-11-6-4-10(5-7-11)13(14)12-9-16-12/h4-7,12-14H,2-3,8-9H2,1H3/t12-,13-/m1/s1. The second kappa shape index (κ2) is 5.32. The SMILES string of the molecule is CCCCOc1ccc([C@@H](O)[C@H]2CO2)cc1. The number of hydrogen-bond donors (Lipinski definition) is 1. The molecule has 3 heteroatoms. The summed E-state index contributed by atoms with van der Waals surface area (Å²) in [6.45, 7) is 3.55. The first-order chi connectivity index (χ1) is 7.81. The lowest BCUT2D eigenvalue weighted by Gasteiger charge is -2.09. The largest absolute Gasteiger partial charge is 0.494 e. The van der Waals surface area contributed by atoms with Crippen LogP contribution in [0.3, 0.4) is 0 Å². The second-order valence-corrected chi connectivity index (χ2v) is 4.09. The van der Waals surface area contributed by atoms with Crippen LogP contribution in [0.15, 0.2) is 24.3 Å². The molecule has 88 valence electrons. The Kier molecular flexibility index (Phi) is 3.80. The van der Waals surface area contributed by atoms with Crippen LogP contribution in [-0.2, 0) is 4.74 Å². The third-order valence-corrected chi connectivity index (χ3v) is 2.70. The smallest absolute Gasteiger partial charge is 0.119 e. The Balaban J connectivity index is 1.88. The minimum absolute atomic E-state index is 0.00754. The van der Waals surface area contributed by atoms with Gasteiger partial charge in [-0.25, -0.2) is 0 Å². The normalized spacial score (nSPS) is 20.5. The zero-order chi connectivity index (χ0) is 11.4. The average molecular weight is 222 g/mol. The lowest BCUT2D eigenvalue weighted by molar-refractivity contribution is 0.137. The van der Waals surface area contributed by atoms with E-state index < -0.39 is 6.10 Å². The molecule has 0 amide bonds. The molecule has 1 aliphatic rings. The average Bonchev–Trinajstić information content (AvgIpc) is 3.13. The van der Waals surface area contributed by atoms with E-state index in [1.165, 1.54) is 0 Å². The summed E-state index contributed by atoms with van der Waals surface area (Å²) >= 11 is 0. The van der Waals surface area contributed by atoms with E-state index in [1.54, 1.807) is 0 Å². The lowest BCUT2D eigenvalue weighted by Crippen LogP contribution is -2.04. The summed E-state index contributed by atoms with van der Waals surface area (Å²) in [6, 6.07) is 7.59. The monoisotopic (exact) mass is 222 g/mol. The molecule has 1 aromatic carbocycles. The summed E-state index contributed by atoms with van der Waals surface area (Å²) in [4.78, 5) is 0. The molecule has 0 saturated carbocycles. The van der Waals surface area contributed by atoms with Gasteiger partial charge in [-0.15, -0.1) is 0 Å². The number of aliphatic hydroxyl groups is 1. The molecular weight excluding hydrogens is 204 g/mol. The van der Waals surface area contributed by atoms with Gasteiger partial charge in [0.2, 0.25) is 0 Å². The molecule has 0 unspecified atom stereocenters. The highest BCUT2D eigenvalue weighted by Crippen LogP contribution is 2.28. The lowest BCUT2D eigenvalue weighted by atomic mass is 10.1. The number of hydrogen-bond acceptors (Lipinski definition) is 3. The quantitative estimate of drug-likeness (QED) is 0.593. The number of epoxide rings is 1. The third kappa shape index (κ3) is 2.97. The fourth-order valence-electron chi connectivity index (χ4n) is 1.55. The Labute approximate surface area is 96.0 Å². The molecule has 2 rings (SSSR count). The molecule has 1 saturated heterocycles. The maximum atomic E-state index is 9.80. The predicted octanol–water partition coefficient (Wildman–Crippen LogP) is 2.30. The van der Waals surface area contributed by atoms with Crippen LogP contribution in [0.4, 0.5) is 0 Å². The zero-order valence-electron chi connectivity index (χ0n) is 9.56. The van der Waals surface area contributed by atoms with Crippen LogP contribution in [-0.4, -0.2) is 24.4 Å². The fourth-order valence-corrected chi connectivity index (χ4v) is 1.55. The first-order valence-electron chi connectivity index (χ1n) is 5.83. The van der Waals surface area contributed by atoms with Crippen molar-refractivity contribution in [2.45, 2.75) is 32.0 Å². The van der Waals surface area contributed by atoms with Crippen LogP contribution in [0.5, 0.6) is 5.75 Å². The molecule has 1 N–H and O–H groups in total. The molecule has 1 aliphatic heterocycles. The zero-order valence-corrected chi connectivity index (χ0v) is 9.56. The minimum atomic E-state index is -0.496. The molecule has 16 heavy (non-hydrogen) atoms. The second-order valence-electron chi connectivity index (χ2n) is 4.09. The van der Waals surface area contributed by atoms with Crippen molar-refractivity contribution in [1.82, 2.24) is 0 Å². The van der Waals surface area contributed by atoms with E-state index in [0.29, 0.717) is 6.61 Å². The molecular formula is C13H18O3. The van der Waals surface area contributed by atoms with Gasteiger partial charge in [0.15, 0.2) is 0 Å². The van der Waals surface area contributed by atoms with Gasteiger partial charge in [0.25, 0.3) is 0 Å². The molecule has 1 heterocycles. The van der Waals surface area contributed by atoms with Crippen LogP contribution in [0, 0.1) is 0 Å². The van der Waals surface area contributed by atoms with E-state index in [9.17, 15) is 5.11 Å². The first-order valence-corrected chi connectivity index (χ1v) is 5.83. The van der Waals surface area contributed by atoms with Gasteiger partial charge in [0.1, 0.15) is 18.0 Å². The number of rotatable bonds is 6. The Morgan fingerprint density at radius 1 is 1.44 bits per heavy atom. The van der Waals surface area contributed by atoms with E-state index in [2.05, 4.69) is 6.92 Å². The van der Waals surface area contributed by atoms with Gasteiger partial charge in [0.05, 0.1) is 13.2 Å². The number of ether oxygens (including phenoxy) is 2. The molecule has 0 bridgehead atoms. The summed E-state index contributed by atoms with van der Waals surface area (Å²) in [5.41, 5.74) is 0.894. The van der Waals surface area contributed by atoms with Crippen molar-refractivity contribution in [1.29, 1.82) is 0 Å². The van der Waals surface area contributed by atoms with Crippen molar-refractivity contribution < 1.29 is 14.6 Å². The van der Waals surface area contributed by atoms with Crippen LogP contribution in [0.2, 0.25) is 0 Å². The van der Waals surface area contributed by atoms with Gasteiger partial charge in [-0.2, -0.15) is 0 Å². The van der Waals surface area contributed by atoms with Crippen molar-refractivity contribution in [2.75, 3.05) is 13.2 Å². The summed E-state index contributed by atoms with van der Waals surface area (Å²) < 4.78 is 10.6. The Morgan fingerprint density at radius 3 is 2.69 bits per heavy atom. The van der Waals surface area contributed by atoms with E-state index in [4.69, 9.17) is 9.47 Å². The molecule has 2 atom stereocenters. The van der Waals surface area contributed by atoms with Crippen LogP contribution in [0.25, 0.3) is 0 Å². The van der Waals surface area contributed by atoms with Gasteiger partial charge in [-0.3, -0.25) is 0 Å². The van der Waals surface area contributed by atoms with Gasteiger partial charge in [-0.1, -0.05) is 25.5 Å². The van der Waals surface area contributed by atoms with E-state index in [-0.39, 0.29) is 6.10 Å². The van der Waals surface area contributed by atoms with E-state index >= 15 is 0 Å². The maximum absolute atomic E-state index is 9.80. The summed E-state index contributed by atoms with van der Waals surface area (Å²) in [5.74, 6) is 0.862. The number of unbranched alkanes of at least 4 members (excludes halogenated alkanes) is 1. The van der Waals surface area contributed by atoms with Crippen LogP contribution >= 0.6 is 0 Å². The van der Waals surface area contributed by atoms with Gasteiger partial charge in [-0.05, 0) is 24.1 Å². The van der Waals surface area contributed by atoms with Gasteiger partial charge >= 0.3 is 0 Å². The fraction of sp³-hybridized carbons (Fsp3) is 0.538. The van der Waals surface area contributed by atoms with E-state index in [1.807, 2.05) is 24.3 Å². The predicted molar refractivity (Wildman–Crippen MR) is 61.5 cm³/mol. The highest BCUT2D eigenvalue weighted by Gasteiger charge is 2.32. The first kappa shape index (κ1) is 11.4. The van der Waals surface area contributed by atoms with Crippen molar-refractivity contribution in [3.63, 3.8) is 0 Å². The van der Waals surface area contributed by atoms with Crippen molar-refractivity contribution in [3.05, 3.63) is 29.8 Å².